The molecule has 3 rings (SSSR count). The second kappa shape index (κ2) is 11.4. The maximum Gasteiger partial charge on any atom is 0.303 e. The number of carboxylic acids is 1. The number of hydrogen-bond acceptors (Lipinski definition) is 4. The van der Waals surface area contributed by atoms with E-state index < -0.39 is 5.97 Å². The first-order valence-electron chi connectivity index (χ1n) is 11.6. The lowest BCUT2D eigenvalue weighted by atomic mass is 9.80. The van der Waals surface area contributed by atoms with Crippen LogP contribution in [-0.2, 0) is 16.0 Å². The number of aromatic nitrogens is 1. The van der Waals surface area contributed by atoms with Crippen molar-refractivity contribution in [2.75, 3.05) is 33.2 Å². The van der Waals surface area contributed by atoms with Crippen molar-refractivity contribution in [2.24, 2.45) is 17.8 Å². The van der Waals surface area contributed by atoms with E-state index in [1.165, 1.54) is 6.42 Å². The molecule has 0 radical (unpaired) electrons. The van der Waals surface area contributed by atoms with Crippen molar-refractivity contribution in [1.82, 2.24) is 14.8 Å². The third-order valence-corrected chi connectivity index (χ3v) is 6.95. The Labute approximate surface area is 180 Å². The number of nitrogens with zero attached hydrogens (tertiary/aromatic N) is 3. The summed E-state index contributed by atoms with van der Waals surface area (Å²) in [5.41, 5.74) is 1.09. The predicted octanol–water partition coefficient (Wildman–Crippen LogP) is 3.47. The molecular weight excluding hydrogens is 378 g/mol. The lowest BCUT2D eigenvalue weighted by Gasteiger charge is -2.40. The van der Waals surface area contributed by atoms with Gasteiger partial charge in [-0.1, -0.05) is 25.3 Å². The zero-order chi connectivity index (χ0) is 21.3. The summed E-state index contributed by atoms with van der Waals surface area (Å²) < 4.78 is 0. The molecule has 2 atom stereocenters. The Morgan fingerprint density at radius 2 is 1.93 bits per heavy atom. The van der Waals surface area contributed by atoms with Gasteiger partial charge in [-0.2, -0.15) is 0 Å². The highest BCUT2D eigenvalue weighted by Crippen LogP contribution is 2.32. The summed E-state index contributed by atoms with van der Waals surface area (Å²) >= 11 is 0. The Bertz CT molecular complexity index is 676. The van der Waals surface area contributed by atoms with E-state index in [0.717, 1.165) is 76.8 Å². The van der Waals surface area contributed by atoms with Gasteiger partial charge in [0.1, 0.15) is 0 Å². The molecule has 1 amide bonds. The highest BCUT2D eigenvalue weighted by Gasteiger charge is 2.35. The Kier molecular flexibility index (Phi) is 8.67. The number of likely N-dealkylation sites (N-methyl/N-ethyl adjacent to an activating group) is 1. The number of hydrogen-bond donors (Lipinski definition) is 1. The van der Waals surface area contributed by atoms with Gasteiger partial charge in [0, 0.05) is 50.3 Å². The van der Waals surface area contributed by atoms with E-state index >= 15 is 0 Å². The van der Waals surface area contributed by atoms with E-state index in [1.807, 2.05) is 29.3 Å². The molecule has 1 saturated carbocycles. The molecule has 6 heteroatoms. The molecule has 6 nitrogen and oxygen atoms in total. The van der Waals surface area contributed by atoms with Gasteiger partial charge in [-0.25, -0.2) is 0 Å². The first kappa shape index (κ1) is 22.7. The van der Waals surface area contributed by atoms with Crippen LogP contribution in [0.25, 0.3) is 0 Å². The number of pyridine rings is 1. The van der Waals surface area contributed by atoms with Gasteiger partial charge in [0.25, 0.3) is 0 Å². The van der Waals surface area contributed by atoms with Crippen molar-refractivity contribution in [2.45, 2.75) is 57.8 Å². The third-order valence-electron chi connectivity index (χ3n) is 6.95. The lowest BCUT2D eigenvalue weighted by molar-refractivity contribution is -0.141. The minimum atomic E-state index is -0.722. The number of carboxylic acid groups (broad SMARTS) is 1. The minimum Gasteiger partial charge on any atom is -0.481 e. The number of aliphatic carboxylic acids is 1. The van der Waals surface area contributed by atoms with Crippen LogP contribution in [0.1, 0.15) is 57.1 Å². The molecule has 1 saturated heterocycles. The topological polar surface area (TPSA) is 73.7 Å². The van der Waals surface area contributed by atoms with Crippen LogP contribution in [0.4, 0.5) is 0 Å². The average Bonchev–Trinajstić information content (AvgIpc) is 2.77. The smallest absolute Gasteiger partial charge is 0.303 e. The fraction of sp³-hybridized carbons (Fsp3) is 0.708. The molecule has 2 heterocycles. The largest absolute Gasteiger partial charge is 0.481 e. The summed E-state index contributed by atoms with van der Waals surface area (Å²) in [4.78, 5) is 33.1. The summed E-state index contributed by atoms with van der Waals surface area (Å²) in [7, 11) is 2.11. The van der Waals surface area contributed by atoms with Gasteiger partial charge in [0.2, 0.25) is 5.91 Å². The Balaban J connectivity index is 1.52. The molecule has 1 aromatic rings. The first-order valence-corrected chi connectivity index (χ1v) is 11.6. The molecule has 0 aromatic carbocycles. The van der Waals surface area contributed by atoms with Gasteiger partial charge >= 0.3 is 5.97 Å². The van der Waals surface area contributed by atoms with E-state index in [1.54, 1.807) is 0 Å². The normalized spacial score (nSPS) is 22.9. The minimum absolute atomic E-state index is 0.169. The summed E-state index contributed by atoms with van der Waals surface area (Å²) in [5, 5.41) is 9.35. The molecule has 1 aliphatic carbocycles. The van der Waals surface area contributed by atoms with Gasteiger partial charge in [0.15, 0.2) is 0 Å². The van der Waals surface area contributed by atoms with Crippen LogP contribution in [0.15, 0.2) is 24.4 Å². The SMILES string of the molecule is CN(CCc1ccccn1)CCC1CN(C(=O)C2CCCCC2)CCC1CC(=O)O. The summed E-state index contributed by atoms with van der Waals surface area (Å²) in [6, 6.07) is 5.99. The van der Waals surface area contributed by atoms with Crippen molar-refractivity contribution in [3.63, 3.8) is 0 Å². The second-order valence-electron chi connectivity index (χ2n) is 9.19. The number of rotatable bonds is 9. The zero-order valence-electron chi connectivity index (χ0n) is 18.3. The van der Waals surface area contributed by atoms with Crippen LogP contribution < -0.4 is 0 Å². The molecule has 2 unspecified atom stereocenters. The van der Waals surface area contributed by atoms with Crippen LogP contribution in [0.3, 0.4) is 0 Å². The van der Waals surface area contributed by atoms with E-state index in [9.17, 15) is 14.7 Å². The highest BCUT2D eigenvalue weighted by atomic mass is 16.4. The van der Waals surface area contributed by atoms with Gasteiger partial charge in [-0.05, 0) is 63.2 Å². The van der Waals surface area contributed by atoms with Gasteiger partial charge in [-0.3, -0.25) is 14.6 Å². The fourth-order valence-corrected chi connectivity index (χ4v) is 5.06. The monoisotopic (exact) mass is 415 g/mol. The number of piperidine rings is 1. The molecule has 2 fully saturated rings. The summed E-state index contributed by atoms with van der Waals surface area (Å²) in [5.74, 6) is 0.218. The Morgan fingerprint density at radius 3 is 2.63 bits per heavy atom. The molecular formula is C24H37N3O3. The summed E-state index contributed by atoms with van der Waals surface area (Å²) in [6.45, 7) is 3.29. The molecule has 1 aliphatic heterocycles. The molecule has 1 N–H and O–H groups in total. The van der Waals surface area contributed by atoms with Crippen molar-refractivity contribution in [1.29, 1.82) is 0 Å². The molecule has 2 aliphatic rings. The lowest BCUT2D eigenvalue weighted by Crippen LogP contribution is -2.47. The van der Waals surface area contributed by atoms with Gasteiger partial charge < -0.3 is 14.9 Å². The van der Waals surface area contributed by atoms with Gasteiger partial charge in [0.05, 0.1) is 0 Å². The zero-order valence-corrected chi connectivity index (χ0v) is 18.3. The van der Waals surface area contributed by atoms with Crippen molar-refractivity contribution >= 4 is 11.9 Å². The quantitative estimate of drug-likeness (QED) is 0.669. The van der Waals surface area contributed by atoms with E-state index in [-0.39, 0.29) is 24.2 Å². The van der Waals surface area contributed by atoms with Crippen LogP contribution in [-0.4, -0.2) is 65.0 Å². The van der Waals surface area contributed by atoms with Crippen LogP contribution >= 0.6 is 0 Å². The maximum atomic E-state index is 13.0. The van der Waals surface area contributed by atoms with Crippen molar-refractivity contribution in [3.8, 4) is 0 Å². The van der Waals surface area contributed by atoms with E-state index in [0.29, 0.717) is 5.91 Å². The first-order chi connectivity index (χ1) is 14.5. The maximum absolute atomic E-state index is 13.0. The molecule has 30 heavy (non-hydrogen) atoms. The molecule has 0 spiro atoms. The standard InChI is InChI=1S/C24H37N3O3/c1-26(15-12-22-9-5-6-13-25-22)14-10-21-18-27(16-11-20(21)17-23(28)29)24(30)19-7-3-2-4-8-19/h5-6,9,13,19-21H,2-4,7-8,10-12,14-18H2,1H3,(H,28,29). The van der Waals surface area contributed by atoms with Crippen LogP contribution in [0.5, 0.6) is 0 Å². The van der Waals surface area contributed by atoms with Crippen molar-refractivity contribution in [3.05, 3.63) is 30.1 Å². The number of carbonyl (C=O) groups excluding carboxylic acids is 1. The van der Waals surface area contributed by atoms with Crippen LogP contribution in [0.2, 0.25) is 0 Å². The van der Waals surface area contributed by atoms with E-state index in [2.05, 4.69) is 16.9 Å². The Hall–Kier alpha value is -1.95. The second-order valence-corrected chi connectivity index (χ2v) is 9.19. The van der Waals surface area contributed by atoms with Crippen LogP contribution in [0, 0.1) is 17.8 Å². The third kappa shape index (κ3) is 6.79. The summed E-state index contributed by atoms with van der Waals surface area (Å²) in [6.07, 6.45) is 10.3. The molecule has 1 aromatic heterocycles. The number of amides is 1. The van der Waals surface area contributed by atoms with Gasteiger partial charge in [-0.15, -0.1) is 0 Å². The Morgan fingerprint density at radius 1 is 1.13 bits per heavy atom. The van der Waals surface area contributed by atoms with Crippen molar-refractivity contribution < 1.29 is 14.7 Å². The molecule has 0 bridgehead atoms. The fourth-order valence-electron chi connectivity index (χ4n) is 5.06. The number of likely N-dealkylation sites (tertiary alicyclic amines) is 1. The highest BCUT2D eigenvalue weighted by molar-refractivity contribution is 5.79. The predicted molar refractivity (Wildman–Crippen MR) is 117 cm³/mol. The molecule has 166 valence electrons. The average molecular weight is 416 g/mol. The van der Waals surface area contributed by atoms with E-state index in [4.69, 9.17) is 0 Å². The number of carbonyl (C=O) groups is 2.